The Balaban J connectivity index is 1.59. The Morgan fingerprint density at radius 1 is 1.00 bits per heavy atom. The molecule has 0 aliphatic carbocycles. The normalized spacial score (nSPS) is 10.7. The first-order valence-electron chi connectivity index (χ1n) is 8.63. The van der Waals surface area contributed by atoms with Gasteiger partial charge in [-0.05, 0) is 43.3 Å². The number of carbonyl (C=O) groups excluding carboxylic acids is 1. The molecule has 4 rings (SSSR count). The molecule has 0 saturated carbocycles. The molecule has 27 heavy (non-hydrogen) atoms. The van der Waals surface area contributed by atoms with Crippen molar-refractivity contribution in [2.45, 2.75) is 13.5 Å². The predicted molar refractivity (Wildman–Crippen MR) is 103 cm³/mol. The highest BCUT2D eigenvalue weighted by Crippen LogP contribution is 2.21. The number of amides is 1. The third-order valence-corrected chi connectivity index (χ3v) is 4.22. The molecule has 1 amide bonds. The Morgan fingerprint density at radius 2 is 1.78 bits per heavy atom. The molecule has 0 atom stereocenters. The molecule has 0 saturated heterocycles. The first-order chi connectivity index (χ1) is 13.3. The highest BCUT2D eigenvalue weighted by molar-refractivity contribution is 6.04. The second kappa shape index (κ2) is 7.25. The lowest BCUT2D eigenvalue weighted by molar-refractivity contribution is 0.102. The Bertz CT molecular complexity index is 1050. The van der Waals surface area contributed by atoms with E-state index in [0.29, 0.717) is 11.3 Å². The molecule has 0 radical (unpaired) electrons. The van der Waals surface area contributed by atoms with Crippen LogP contribution in [0.1, 0.15) is 17.3 Å². The lowest BCUT2D eigenvalue weighted by Gasteiger charge is -2.10. The molecule has 7 heteroatoms. The van der Waals surface area contributed by atoms with Crippen molar-refractivity contribution < 1.29 is 4.79 Å². The number of rotatable bonds is 5. The van der Waals surface area contributed by atoms with Gasteiger partial charge in [0.25, 0.3) is 5.91 Å². The highest BCUT2D eigenvalue weighted by Gasteiger charge is 2.13. The zero-order valence-electron chi connectivity index (χ0n) is 14.8. The number of aromatic nitrogens is 5. The molecule has 1 aromatic carbocycles. The van der Waals surface area contributed by atoms with Gasteiger partial charge in [-0.2, -0.15) is 0 Å². The van der Waals surface area contributed by atoms with E-state index >= 15 is 0 Å². The first-order valence-corrected chi connectivity index (χ1v) is 8.63. The van der Waals surface area contributed by atoms with Crippen molar-refractivity contribution in [2.24, 2.45) is 0 Å². The van der Waals surface area contributed by atoms with Crippen LogP contribution in [0.3, 0.4) is 0 Å². The van der Waals surface area contributed by atoms with Gasteiger partial charge in [0.2, 0.25) is 0 Å². The maximum atomic E-state index is 12.4. The second-order valence-corrected chi connectivity index (χ2v) is 5.90. The van der Waals surface area contributed by atoms with E-state index < -0.39 is 0 Å². The molecule has 0 spiro atoms. The molecule has 3 aromatic heterocycles. The van der Waals surface area contributed by atoms with Crippen LogP contribution in [0.15, 0.2) is 73.6 Å². The number of carbonyl (C=O) groups is 1. The molecule has 1 N–H and O–H groups in total. The smallest absolute Gasteiger partial charge is 0.255 e. The molecule has 0 aliphatic heterocycles. The van der Waals surface area contributed by atoms with Crippen LogP contribution >= 0.6 is 0 Å². The third kappa shape index (κ3) is 3.35. The lowest BCUT2D eigenvalue weighted by Crippen LogP contribution is -2.12. The average Bonchev–Trinajstić information content (AvgIpc) is 3.37. The molecule has 3 heterocycles. The van der Waals surface area contributed by atoms with Crippen LogP contribution in [0, 0.1) is 0 Å². The maximum Gasteiger partial charge on any atom is 0.255 e. The minimum atomic E-state index is -0.179. The predicted octanol–water partition coefficient (Wildman–Crippen LogP) is 3.40. The largest absolute Gasteiger partial charge is 0.329 e. The van der Waals surface area contributed by atoms with Gasteiger partial charge >= 0.3 is 0 Å². The number of benzene rings is 1. The summed E-state index contributed by atoms with van der Waals surface area (Å²) in [6.45, 7) is 2.88. The molecule has 7 nitrogen and oxygen atoms in total. The topological polar surface area (TPSA) is 77.6 Å². The van der Waals surface area contributed by atoms with E-state index in [1.54, 1.807) is 49.1 Å². The minimum Gasteiger partial charge on any atom is -0.329 e. The fourth-order valence-electron chi connectivity index (χ4n) is 2.86. The number of hydrogen-bond donors (Lipinski definition) is 1. The van der Waals surface area contributed by atoms with Crippen molar-refractivity contribution >= 4 is 11.6 Å². The summed E-state index contributed by atoms with van der Waals surface area (Å²) in [5, 5.41) is 2.83. The Morgan fingerprint density at radius 3 is 2.52 bits per heavy atom. The van der Waals surface area contributed by atoms with Crippen LogP contribution in [0.4, 0.5) is 5.69 Å². The fourth-order valence-corrected chi connectivity index (χ4v) is 2.86. The highest BCUT2D eigenvalue weighted by atomic mass is 16.1. The van der Waals surface area contributed by atoms with E-state index in [4.69, 9.17) is 0 Å². The quantitative estimate of drug-likeness (QED) is 0.593. The van der Waals surface area contributed by atoms with E-state index in [9.17, 15) is 4.79 Å². The summed E-state index contributed by atoms with van der Waals surface area (Å²) in [4.78, 5) is 25.2. The van der Waals surface area contributed by atoms with E-state index in [0.717, 1.165) is 23.9 Å². The van der Waals surface area contributed by atoms with Crippen molar-refractivity contribution in [3.05, 3.63) is 79.1 Å². The van der Waals surface area contributed by atoms with Crippen molar-refractivity contribution in [1.82, 2.24) is 24.1 Å². The van der Waals surface area contributed by atoms with Crippen LogP contribution in [0.2, 0.25) is 0 Å². The first kappa shape index (κ1) is 16.7. The van der Waals surface area contributed by atoms with Crippen molar-refractivity contribution in [1.29, 1.82) is 0 Å². The number of anilines is 1. The number of pyridine rings is 1. The van der Waals surface area contributed by atoms with Gasteiger partial charge < -0.3 is 9.88 Å². The molecular formula is C20H18N6O. The second-order valence-electron chi connectivity index (χ2n) is 5.90. The van der Waals surface area contributed by atoms with Gasteiger partial charge in [-0.1, -0.05) is 0 Å². The molecule has 0 unspecified atom stereocenters. The maximum absolute atomic E-state index is 12.4. The molecular weight excluding hydrogens is 340 g/mol. The van der Waals surface area contributed by atoms with Crippen molar-refractivity contribution in [2.75, 3.05) is 5.32 Å². The van der Waals surface area contributed by atoms with E-state index in [1.165, 1.54) is 0 Å². The molecule has 4 aromatic rings. The van der Waals surface area contributed by atoms with Crippen LogP contribution in [0.25, 0.3) is 17.3 Å². The average molecular weight is 358 g/mol. The van der Waals surface area contributed by atoms with Crippen molar-refractivity contribution in [3.63, 3.8) is 0 Å². The number of nitrogens with zero attached hydrogens (tertiary/aromatic N) is 5. The van der Waals surface area contributed by atoms with Gasteiger partial charge in [-0.3, -0.25) is 14.3 Å². The Hall–Kier alpha value is -3.74. The Kier molecular flexibility index (Phi) is 4.49. The Labute approximate surface area is 156 Å². The van der Waals surface area contributed by atoms with Gasteiger partial charge in [-0.25, -0.2) is 9.97 Å². The lowest BCUT2D eigenvalue weighted by atomic mass is 10.2. The molecule has 0 aliphatic rings. The van der Waals surface area contributed by atoms with Gasteiger partial charge in [-0.15, -0.1) is 0 Å². The van der Waals surface area contributed by atoms with Gasteiger partial charge in [0, 0.05) is 48.8 Å². The summed E-state index contributed by atoms with van der Waals surface area (Å²) in [5.41, 5.74) is 2.14. The van der Waals surface area contributed by atoms with Crippen LogP contribution in [-0.2, 0) is 6.54 Å². The zero-order valence-corrected chi connectivity index (χ0v) is 14.8. The summed E-state index contributed by atoms with van der Waals surface area (Å²) in [5.74, 6) is 1.39. The van der Waals surface area contributed by atoms with E-state index in [2.05, 4.69) is 27.2 Å². The van der Waals surface area contributed by atoms with Gasteiger partial charge in [0.1, 0.15) is 0 Å². The monoisotopic (exact) mass is 358 g/mol. The van der Waals surface area contributed by atoms with Crippen molar-refractivity contribution in [3.8, 4) is 17.3 Å². The third-order valence-electron chi connectivity index (χ3n) is 4.22. The van der Waals surface area contributed by atoms with Crippen LogP contribution in [-0.4, -0.2) is 30.0 Å². The van der Waals surface area contributed by atoms with Gasteiger partial charge in [0.05, 0.1) is 11.9 Å². The van der Waals surface area contributed by atoms with E-state index in [1.807, 2.05) is 33.7 Å². The molecule has 134 valence electrons. The summed E-state index contributed by atoms with van der Waals surface area (Å²) >= 11 is 0. The fraction of sp³-hybridized carbons (Fsp3) is 0.100. The number of imidazole rings is 2. The van der Waals surface area contributed by atoms with Gasteiger partial charge in [0.15, 0.2) is 11.6 Å². The zero-order chi connectivity index (χ0) is 18.6. The summed E-state index contributed by atoms with van der Waals surface area (Å²) in [7, 11) is 0. The molecule has 0 bridgehead atoms. The van der Waals surface area contributed by atoms with E-state index in [-0.39, 0.29) is 5.91 Å². The number of aryl methyl sites for hydroxylation is 1. The SMILES string of the molecule is CCn1ccnc1-c1nccn1-c1ccc(C(=O)Nc2cccnc2)cc1. The van der Waals surface area contributed by atoms with Crippen LogP contribution in [0.5, 0.6) is 0 Å². The number of nitrogens with one attached hydrogen (secondary N) is 1. The summed E-state index contributed by atoms with van der Waals surface area (Å²) < 4.78 is 3.99. The summed E-state index contributed by atoms with van der Waals surface area (Å²) in [6, 6.07) is 10.9. The standard InChI is InChI=1S/C20H18N6O/c1-2-25-12-10-22-18(25)19-23-11-13-26(19)17-7-5-15(6-8-17)20(27)24-16-4-3-9-21-14-16/h3-14H,2H2,1H3,(H,24,27). The molecule has 0 fully saturated rings. The number of hydrogen-bond acceptors (Lipinski definition) is 4. The summed E-state index contributed by atoms with van der Waals surface area (Å²) in [6.07, 6.45) is 10.6. The van der Waals surface area contributed by atoms with Crippen LogP contribution < -0.4 is 5.32 Å². The minimum absolute atomic E-state index is 0.179.